The third-order valence-corrected chi connectivity index (χ3v) is 2.10. The highest BCUT2D eigenvalue weighted by atomic mass is 35.5. The maximum atomic E-state index is 10.4. The molecule has 0 fully saturated rings. The largest absolute Gasteiger partial charge is 0.481 e. The molecule has 0 atom stereocenters. The molecule has 2 N–H and O–H groups in total. The van der Waals surface area contributed by atoms with Crippen LogP contribution in [0, 0.1) is 0 Å². The summed E-state index contributed by atoms with van der Waals surface area (Å²) in [4.78, 5) is 10.4. The highest BCUT2D eigenvalue weighted by Gasteiger charge is 2.09. The maximum Gasteiger partial charge on any atom is 0.255 e. The molecule has 0 aliphatic heterocycles. The molecule has 3 nitrogen and oxygen atoms in total. The average Bonchev–Trinajstić information content (AvgIpc) is 2.01. The number of halogens is 3. The van der Waals surface area contributed by atoms with Crippen LogP contribution < -0.4 is 10.5 Å². The van der Waals surface area contributed by atoms with Crippen LogP contribution in [-0.2, 0) is 4.79 Å². The Hall–Kier alpha value is -0.640. The normalized spacial score (nSPS) is 9.93. The third kappa shape index (κ3) is 2.94. The molecule has 0 aliphatic carbocycles. The third-order valence-electron chi connectivity index (χ3n) is 1.32. The fourth-order valence-corrected chi connectivity index (χ4v) is 1.74. The molecule has 0 radical (unpaired) electrons. The minimum absolute atomic E-state index is 0.205. The van der Waals surface area contributed by atoms with Crippen LogP contribution in [-0.4, -0.2) is 12.5 Å². The van der Waals surface area contributed by atoms with Crippen molar-refractivity contribution in [3.63, 3.8) is 0 Å². The molecule has 6 heteroatoms. The van der Waals surface area contributed by atoms with Crippen molar-refractivity contribution in [1.82, 2.24) is 0 Å². The number of benzene rings is 1. The smallest absolute Gasteiger partial charge is 0.255 e. The number of rotatable bonds is 3. The molecule has 76 valence electrons. The molecule has 1 aromatic rings. The molecule has 0 bridgehead atoms. The summed E-state index contributed by atoms with van der Waals surface area (Å²) in [6, 6.07) is 2.93. The predicted octanol–water partition coefficient (Wildman–Crippen LogP) is 2.51. The number of hydrogen-bond acceptors (Lipinski definition) is 2. The monoisotopic (exact) mass is 253 g/mol. The zero-order valence-electron chi connectivity index (χ0n) is 6.89. The first-order valence-corrected chi connectivity index (χ1v) is 4.69. The van der Waals surface area contributed by atoms with Crippen LogP contribution >= 0.6 is 34.8 Å². The Morgan fingerprint density at radius 2 is 1.79 bits per heavy atom. The van der Waals surface area contributed by atoms with Gasteiger partial charge in [-0.25, -0.2) is 0 Å². The first-order chi connectivity index (χ1) is 6.50. The number of nitrogens with two attached hydrogens (primary N) is 1. The van der Waals surface area contributed by atoms with Gasteiger partial charge in [-0.3, -0.25) is 4.79 Å². The van der Waals surface area contributed by atoms with Crippen molar-refractivity contribution in [3.05, 3.63) is 27.2 Å². The zero-order chi connectivity index (χ0) is 10.7. The first kappa shape index (κ1) is 11.4. The molecule has 0 heterocycles. The van der Waals surface area contributed by atoms with Gasteiger partial charge >= 0.3 is 0 Å². The van der Waals surface area contributed by atoms with E-state index >= 15 is 0 Å². The van der Waals surface area contributed by atoms with Gasteiger partial charge in [0.2, 0.25) is 0 Å². The molecule has 0 aromatic heterocycles. The molecular formula is C8H6Cl3NO2. The van der Waals surface area contributed by atoms with Gasteiger partial charge in [0.25, 0.3) is 5.91 Å². The lowest BCUT2D eigenvalue weighted by Gasteiger charge is -2.08. The van der Waals surface area contributed by atoms with E-state index in [0.717, 1.165) is 0 Å². The molecule has 1 aromatic carbocycles. The highest BCUT2D eigenvalue weighted by molar-refractivity contribution is 6.40. The number of carbonyl (C=O) groups is 1. The Morgan fingerprint density at radius 1 is 1.29 bits per heavy atom. The number of amides is 1. The molecule has 0 aliphatic rings. The van der Waals surface area contributed by atoms with Crippen LogP contribution in [0.5, 0.6) is 5.75 Å². The Balaban J connectivity index is 2.91. The van der Waals surface area contributed by atoms with E-state index in [1.165, 1.54) is 12.1 Å². The highest BCUT2D eigenvalue weighted by Crippen LogP contribution is 2.35. The molecule has 0 unspecified atom stereocenters. The van der Waals surface area contributed by atoms with Crippen molar-refractivity contribution in [2.45, 2.75) is 0 Å². The minimum atomic E-state index is -0.605. The van der Waals surface area contributed by atoms with Crippen LogP contribution in [0.2, 0.25) is 15.1 Å². The summed E-state index contributed by atoms with van der Waals surface area (Å²) < 4.78 is 4.99. The van der Waals surface area contributed by atoms with Crippen LogP contribution in [0.4, 0.5) is 0 Å². The van der Waals surface area contributed by atoms with Crippen molar-refractivity contribution < 1.29 is 9.53 Å². The number of hydrogen-bond donors (Lipinski definition) is 1. The van der Waals surface area contributed by atoms with Gasteiger partial charge in [0.15, 0.2) is 12.4 Å². The SMILES string of the molecule is NC(=O)COc1c(Cl)cc(Cl)cc1Cl. The summed E-state index contributed by atoms with van der Waals surface area (Å²) in [5, 5.41) is 0.874. The summed E-state index contributed by atoms with van der Waals surface area (Å²) in [6.45, 7) is -0.277. The summed E-state index contributed by atoms with van der Waals surface area (Å²) >= 11 is 17.2. The van der Waals surface area contributed by atoms with E-state index in [1.807, 2.05) is 0 Å². The van der Waals surface area contributed by atoms with E-state index in [2.05, 4.69) is 0 Å². The van der Waals surface area contributed by atoms with Gasteiger partial charge in [-0.05, 0) is 12.1 Å². The van der Waals surface area contributed by atoms with Crippen LogP contribution in [0.25, 0.3) is 0 Å². The molecular weight excluding hydrogens is 248 g/mol. The van der Waals surface area contributed by atoms with Gasteiger partial charge in [-0.2, -0.15) is 0 Å². The predicted molar refractivity (Wildman–Crippen MR) is 56.2 cm³/mol. The summed E-state index contributed by atoms with van der Waals surface area (Å²) in [5.41, 5.74) is 4.89. The lowest BCUT2D eigenvalue weighted by Crippen LogP contribution is -2.20. The number of primary amides is 1. The van der Waals surface area contributed by atoms with Gasteiger partial charge in [0, 0.05) is 5.02 Å². The van der Waals surface area contributed by atoms with E-state index in [1.54, 1.807) is 0 Å². The fourth-order valence-electron chi connectivity index (χ4n) is 0.810. The molecule has 0 saturated heterocycles. The van der Waals surface area contributed by atoms with E-state index in [0.29, 0.717) is 5.02 Å². The number of ether oxygens (including phenoxy) is 1. The van der Waals surface area contributed by atoms with E-state index in [-0.39, 0.29) is 22.4 Å². The van der Waals surface area contributed by atoms with Crippen molar-refractivity contribution >= 4 is 40.7 Å². The maximum absolute atomic E-state index is 10.4. The van der Waals surface area contributed by atoms with E-state index < -0.39 is 5.91 Å². The standard InChI is InChI=1S/C8H6Cl3NO2/c9-4-1-5(10)8(6(11)2-4)14-3-7(12)13/h1-2H,3H2,(H2,12,13). The molecule has 14 heavy (non-hydrogen) atoms. The van der Waals surface area contributed by atoms with Gasteiger partial charge in [0.05, 0.1) is 10.0 Å². The lowest BCUT2D eigenvalue weighted by atomic mass is 10.3. The van der Waals surface area contributed by atoms with Crippen molar-refractivity contribution in [2.24, 2.45) is 5.73 Å². The second kappa shape index (κ2) is 4.73. The fraction of sp³-hybridized carbons (Fsp3) is 0.125. The average molecular weight is 254 g/mol. The van der Waals surface area contributed by atoms with Gasteiger partial charge in [-0.1, -0.05) is 34.8 Å². The Kier molecular flexibility index (Phi) is 3.86. The Bertz CT molecular complexity index is 345. The number of carbonyl (C=O) groups excluding carboxylic acids is 1. The molecule has 1 rings (SSSR count). The van der Waals surface area contributed by atoms with Crippen molar-refractivity contribution in [1.29, 1.82) is 0 Å². The van der Waals surface area contributed by atoms with Crippen LogP contribution in [0.3, 0.4) is 0 Å². The van der Waals surface area contributed by atoms with Crippen LogP contribution in [0.15, 0.2) is 12.1 Å². The topological polar surface area (TPSA) is 52.3 Å². The van der Waals surface area contributed by atoms with Gasteiger partial charge in [-0.15, -0.1) is 0 Å². The molecule has 1 amide bonds. The Labute approximate surface area is 95.7 Å². The van der Waals surface area contributed by atoms with E-state index in [4.69, 9.17) is 45.3 Å². The molecule has 0 spiro atoms. The van der Waals surface area contributed by atoms with Crippen molar-refractivity contribution in [3.8, 4) is 5.75 Å². The quantitative estimate of drug-likeness (QED) is 0.901. The van der Waals surface area contributed by atoms with Gasteiger partial charge < -0.3 is 10.5 Å². The summed E-state index contributed by atoms with van der Waals surface area (Å²) in [7, 11) is 0. The molecule has 0 saturated carbocycles. The second-order valence-electron chi connectivity index (χ2n) is 2.45. The summed E-state index contributed by atoms with van der Waals surface area (Å²) in [5.74, 6) is -0.399. The van der Waals surface area contributed by atoms with Crippen LogP contribution in [0.1, 0.15) is 0 Å². The lowest BCUT2D eigenvalue weighted by molar-refractivity contribution is -0.119. The first-order valence-electron chi connectivity index (χ1n) is 3.56. The zero-order valence-corrected chi connectivity index (χ0v) is 9.16. The minimum Gasteiger partial charge on any atom is -0.481 e. The van der Waals surface area contributed by atoms with E-state index in [9.17, 15) is 4.79 Å². The van der Waals surface area contributed by atoms with Gasteiger partial charge in [0.1, 0.15) is 0 Å². The second-order valence-corrected chi connectivity index (χ2v) is 3.70. The Morgan fingerprint density at radius 3 is 2.21 bits per heavy atom. The van der Waals surface area contributed by atoms with Crippen molar-refractivity contribution in [2.75, 3.05) is 6.61 Å². The summed E-state index contributed by atoms with van der Waals surface area (Å²) in [6.07, 6.45) is 0.